The molecule has 2 aliphatic rings. The van der Waals surface area contributed by atoms with Crippen molar-refractivity contribution in [1.29, 1.82) is 0 Å². The summed E-state index contributed by atoms with van der Waals surface area (Å²) in [6, 6.07) is 28.4. The maximum atomic E-state index is 13.4. The zero-order valence-electron chi connectivity index (χ0n) is 21.9. The van der Waals surface area contributed by atoms with Crippen LogP contribution >= 0.6 is 11.6 Å². The molecule has 0 bridgehead atoms. The number of aromatic nitrogens is 1. The van der Waals surface area contributed by atoms with Crippen LogP contribution in [0.2, 0.25) is 5.02 Å². The van der Waals surface area contributed by atoms with Gasteiger partial charge in [-0.2, -0.15) is 0 Å². The summed E-state index contributed by atoms with van der Waals surface area (Å²) >= 11 is 6.37. The van der Waals surface area contributed by atoms with Crippen molar-refractivity contribution in [2.24, 2.45) is 0 Å². The Labute approximate surface area is 234 Å². The Kier molecular flexibility index (Phi) is 7.46. The average molecular weight is 535 g/mol. The number of hydrogen-bond acceptors (Lipinski definition) is 3. The lowest BCUT2D eigenvalue weighted by atomic mass is 9.88. The number of likely N-dealkylation sites (tertiary alicyclic amines) is 1. The van der Waals surface area contributed by atoms with Crippen molar-refractivity contribution in [2.75, 3.05) is 13.1 Å². The highest BCUT2D eigenvalue weighted by molar-refractivity contribution is 6.30. The molecule has 5 heteroatoms. The number of hydrogen-bond donors (Lipinski definition) is 0. The van der Waals surface area contributed by atoms with E-state index in [9.17, 15) is 4.79 Å². The van der Waals surface area contributed by atoms with Crippen LogP contribution in [0, 0.1) is 0 Å². The Morgan fingerprint density at radius 1 is 0.846 bits per heavy atom. The molecule has 1 amide bonds. The molecule has 1 saturated heterocycles. The smallest absolute Gasteiger partial charge is 0.227 e. The zero-order chi connectivity index (χ0) is 26.6. The number of carbonyl (C=O) groups is 1. The van der Waals surface area contributed by atoms with Crippen molar-refractivity contribution < 1.29 is 9.53 Å². The van der Waals surface area contributed by atoms with Crippen molar-refractivity contribution in [2.45, 2.75) is 38.7 Å². The Balaban J connectivity index is 1.19. The Hall–Kier alpha value is -3.89. The van der Waals surface area contributed by atoms with Gasteiger partial charge in [0.05, 0.1) is 12.1 Å². The number of piperidine rings is 1. The Morgan fingerprint density at radius 3 is 2.46 bits per heavy atom. The number of halogens is 1. The van der Waals surface area contributed by atoms with Crippen LogP contribution in [0.3, 0.4) is 0 Å². The number of pyridine rings is 1. The van der Waals surface area contributed by atoms with Crippen LogP contribution in [-0.2, 0) is 30.7 Å². The number of para-hydroxylation sites is 1. The number of nitrogens with zero attached hydrogens (tertiary/aromatic N) is 2. The molecule has 0 spiro atoms. The number of ether oxygens (including phenoxy) is 1. The summed E-state index contributed by atoms with van der Waals surface area (Å²) in [5.41, 5.74) is 9.50. The topological polar surface area (TPSA) is 42.4 Å². The van der Waals surface area contributed by atoms with Crippen LogP contribution in [0.1, 0.15) is 46.4 Å². The van der Waals surface area contributed by atoms with E-state index in [4.69, 9.17) is 21.3 Å². The summed E-state index contributed by atoms with van der Waals surface area (Å²) < 4.78 is 6.10. The standard InChI is InChI=1S/C34H31ClN2O2/c35-29-14-15-30-27(21-29)13-12-26-10-6-18-36-34(26)33(30)25-16-19-37(20-17-25)32(38)22-28-9-4-5-11-31(28)39-23-24-7-2-1-3-8-24/h1-11,14-15,18,21H,12-13,16-17,19-20,22-23H2. The van der Waals surface area contributed by atoms with Crippen LogP contribution < -0.4 is 4.74 Å². The van der Waals surface area contributed by atoms with Crippen LogP contribution in [0.25, 0.3) is 5.57 Å². The first kappa shape index (κ1) is 25.4. The molecular weight excluding hydrogens is 504 g/mol. The van der Waals surface area contributed by atoms with Gasteiger partial charge < -0.3 is 9.64 Å². The molecule has 1 aliphatic heterocycles. The fourth-order valence-corrected chi connectivity index (χ4v) is 5.90. The first-order valence-corrected chi connectivity index (χ1v) is 14.0. The van der Waals surface area contributed by atoms with E-state index in [-0.39, 0.29) is 5.91 Å². The summed E-state index contributed by atoms with van der Waals surface area (Å²) in [5.74, 6) is 0.910. The molecule has 0 atom stereocenters. The monoisotopic (exact) mass is 534 g/mol. The van der Waals surface area contributed by atoms with Gasteiger partial charge in [-0.3, -0.25) is 9.78 Å². The number of benzene rings is 3. The SMILES string of the molecule is O=C(Cc1ccccc1OCc1ccccc1)N1CCC(=C2c3ccc(Cl)cc3CCc3cccnc32)CC1. The quantitative estimate of drug-likeness (QED) is 0.275. The van der Waals surface area contributed by atoms with E-state index in [0.717, 1.165) is 53.3 Å². The predicted molar refractivity (Wildman–Crippen MR) is 156 cm³/mol. The first-order chi connectivity index (χ1) is 19.2. The molecule has 1 fully saturated rings. The highest BCUT2D eigenvalue weighted by atomic mass is 35.5. The van der Waals surface area contributed by atoms with E-state index in [1.807, 2.05) is 77.8 Å². The summed E-state index contributed by atoms with van der Waals surface area (Å²) in [6.07, 6.45) is 5.79. The molecule has 1 aromatic heterocycles. The molecule has 6 rings (SSSR count). The Bertz CT molecular complexity index is 1520. The van der Waals surface area contributed by atoms with Gasteiger partial charge in [0.15, 0.2) is 0 Å². The highest BCUT2D eigenvalue weighted by Crippen LogP contribution is 2.38. The third-order valence-corrected chi connectivity index (χ3v) is 7.99. The second-order valence-electron chi connectivity index (χ2n) is 10.2. The van der Waals surface area contributed by atoms with Crippen molar-refractivity contribution in [3.05, 3.63) is 135 Å². The fraction of sp³-hybridized carbons (Fsp3) is 0.235. The molecule has 0 unspecified atom stereocenters. The lowest BCUT2D eigenvalue weighted by Crippen LogP contribution is -2.37. The maximum absolute atomic E-state index is 13.4. The molecule has 39 heavy (non-hydrogen) atoms. The fourth-order valence-electron chi connectivity index (χ4n) is 5.71. The molecule has 0 saturated carbocycles. The van der Waals surface area contributed by atoms with Gasteiger partial charge in [-0.25, -0.2) is 0 Å². The van der Waals surface area contributed by atoms with Gasteiger partial charge in [0.25, 0.3) is 0 Å². The number of fused-ring (bicyclic) bond motifs is 2. The third-order valence-electron chi connectivity index (χ3n) is 7.75. The summed E-state index contributed by atoms with van der Waals surface area (Å²) in [6.45, 7) is 1.89. The molecule has 4 nitrogen and oxygen atoms in total. The molecule has 0 radical (unpaired) electrons. The normalized spacial score (nSPS) is 14.8. The van der Waals surface area contributed by atoms with Gasteiger partial charge >= 0.3 is 0 Å². The van der Waals surface area contributed by atoms with E-state index in [1.54, 1.807) is 0 Å². The molecule has 3 aromatic carbocycles. The van der Waals surface area contributed by atoms with E-state index < -0.39 is 0 Å². The minimum absolute atomic E-state index is 0.140. The predicted octanol–water partition coefficient (Wildman–Crippen LogP) is 7.08. The van der Waals surface area contributed by atoms with E-state index in [2.05, 4.69) is 18.2 Å². The summed E-state index contributed by atoms with van der Waals surface area (Å²) in [7, 11) is 0. The van der Waals surface area contributed by atoms with Gasteiger partial charge in [0.2, 0.25) is 5.91 Å². The lowest BCUT2D eigenvalue weighted by Gasteiger charge is -2.30. The maximum Gasteiger partial charge on any atom is 0.227 e. The summed E-state index contributed by atoms with van der Waals surface area (Å²) in [5, 5.41) is 0.769. The molecular formula is C34H31ClN2O2. The van der Waals surface area contributed by atoms with Crippen LogP contribution in [0.15, 0.2) is 96.7 Å². The number of carbonyl (C=O) groups excluding carboxylic acids is 1. The van der Waals surface area contributed by atoms with Gasteiger partial charge in [0.1, 0.15) is 12.4 Å². The first-order valence-electron chi connectivity index (χ1n) is 13.6. The molecule has 1 aliphatic carbocycles. The van der Waals surface area contributed by atoms with Crippen molar-refractivity contribution in [1.82, 2.24) is 9.88 Å². The van der Waals surface area contributed by atoms with Gasteiger partial charge in [0, 0.05) is 35.4 Å². The highest BCUT2D eigenvalue weighted by Gasteiger charge is 2.27. The second kappa shape index (κ2) is 11.5. The van der Waals surface area contributed by atoms with Gasteiger partial charge in [-0.15, -0.1) is 0 Å². The van der Waals surface area contributed by atoms with Crippen LogP contribution in [0.5, 0.6) is 5.75 Å². The second-order valence-corrected chi connectivity index (χ2v) is 10.7. The third kappa shape index (κ3) is 5.62. The molecule has 0 N–H and O–H groups in total. The number of rotatable bonds is 5. The molecule has 196 valence electrons. The molecule has 4 aromatic rings. The van der Waals surface area contributed by atoms with Crippen LogP contribution in [-0.4, -0.2) is 28.9 Å². The van der Waals surface area contributed by atoms with Gasteiger partial charge in [-0.05, 0) is 72.2 Å². The lowest BCUT2D eigenvalue weighted by molar-refractivity contribution is -0.130. The number of amides is 1. The van der Waals surface area contributed by atoms with Crippen molar-refractivity contribution in [3.63, 3.8) is 0 Å². The van der Waals surface area contributed by atoms with Crippen molar-refractivity contribution in [3.8, 4) is 5.75 Å². The zero-order valence-corrected chi connectivity index (χ0v) is 22.7. The van der Waals surface area contributed by atoms with Crippen molar-refractivity contribution >= 4 is 23.1 Å². The largest absolute Gasteiger partial charge is 0.489 e. The van der Waals surface area contributed by atoms with E-state index >= 15 is 0 Å². The van der Waals surface area contributed by atoms with Crippen LogP contribution in [0.4, 0.5) is 0 Å². The summed E-state index contributed by atoms with van der Waals surface area (Å²) in [4.78, 5) is 20.2. The van der Waals surface area contributed by atoms with E-state index in [1.165, 1.54) is 27.8 Å². The molecule has 2 heterocycles. The van der Waals surface area contributed by atoms with Gasteiger partial charge in [-0.1, -0.05) is 77.8 Å². The van der Waals surface area contributed by atoms with E-state index in [0.29, 0.717) is 26.1 Å². The minimum atomic E-state index is 0.140. The Morgan fingerprint density at radius 2 is 1.62 bits per heavy atom. The number of aryl methyl sites for hydroxylation is 2. The minimum Gasteiger partial charge on any atom is -0.489 e. The average Bonchev–Trinajstić information content (AvgIpc) is 3.14.